The van der Waals surface area contributed by atoms with Crippen LogP contribution in [0, 0.1) is 50.2 Å². The van der Waals surface area contributed by atoms with E-state index >= 15 is 0 Å². The second kappa shape index (κ2) is 4.55. The van der Waals surface area contributed by atoms with Gasteiger partial charge in [0.15, 0.2) is 5.41 Å². The summed E-state index contributed by atoms with van der Waals surface area (Å²) in [4.78, 5) is 4.41. The molecule has 3 fully saturated rings. The lowest BCUT2D eigenvalue weighted by Crippen LogP contribution is -2.43. The highest BCUT2D eigenvalue weighted by Crippen LogP contribution is 2.89. The largest absolute Gasteiger partial charge is 0.386 e. The number of nitrogens with zero attached hydrogens (tertiary/aromatic N) is 3. The van der Waals surface area contributed by atoms with Crippen LogP contribution in [0.3, 0.4) is 0 Å². The van der Waals surface area contributed by atoms with Gasteiger partial charge in [0.25, 0.3) is 5.91 Å². The lowest BCUT2D eigenvalue weighted by atomic mass is 9.65. The standard InChI is InChI=1S/C19H26N4O2/c1-12-9-24-19(25-12)18(11-21)16(17(18,10-20)14(22)23-19)7-5-13(6-8-16)15(2,3)4/h12-13H,5-9H2,1-4H3,(H2,22,23)/t12-,13?,16?,17-,18+,19-/m0/s1. The van der Waals surface area contributed by atoms with E-state index in [1.165, 1.54) is 0 Å². The van der Waals surface area contributed by atoms with Crippen LogP contribution in [0.1, 0.15) is 53.4 Å². The third-order valence-electron chi connectivity index (χ3n) is 7.34. The van der Waals surface area contributed by atoms with Gasteiger partial charge in [-0.25, -0.2) is 4.99 Å². The van der Waals surface area contributed by atoms with Crippen molar-refractivity contribution in [2.24, 2.45) is 38.3 Å². The Morgan fingerprint density at radius 3 is 2.28 bits per heavy atom. The predicted molar refractivity (Wildman–Crippen MR) is 90.8 cm³/mol. The van der Waals surface area contributed by atoms with Gasteiger partial charge in [-0.1, -0.05) is 20.8 Å². The van der Waals surface area contributed by atoms with Crippen molar-refractivity contribution in [2.45, 2.75) is 65.4 Å². The molecule has 0 aromatic rings. The molecule has 0 unspecified atom stereocenters. The molecule has 6 heteroatoms. The van der Waals surface area contributed by atoms with Crippen molar-refractivity contribution < 1.29 is 9.47 Å². The van der Waals surface area contributed by atoms with E-state index < -0.39 is 22.2 Å². The van der Waals surface area contributed by atoms with Gasteiger partial charge in [0.1, 0.15) is 11.3 Å². The van der Waals surface area contributed by atoms with Crippen molar-refractivity contribution in [3.63, 3.8) is 0 Å². The van der Waals surface area contributed by atoms with E-state index in [0.717, 1.165) is 25.7 Å². The topological polar surface area (TPSA) is 104 Å². The molecule has 2 heterocycles. The molecule has 2 aliphatic heterocycles. The summed E-state index contributed by atoms with van der Waals surface area (Å²) in [5, 5.41) is 20.4. The summed E-state index contributed by atoms with van der Waals surface area (Å²) in [6.45, 7) is 9.02. The smallest absolute Gasteiger partial charge is 0.293 e. The number of rotatable bonds is 0. The lowest BCUT2D eigenvalue weighted by Gasteiger charge is -2.40. The Kier molecular flexibility index (Phi) is 3.06. The van der Waals surface area contributed by atoms with E-state index in [-0.39, 0.29) is 17.4 Å². The zero-order valence-corrected chi connectivity index (χ0v) is 15.4. The third kappa shape index (κ3) is 1.51. The molecular weight excluding hydrogens is 316 g/mol. The van der Waals surface area contributed by atoms with E-state index in [1.54, 1.807) is 0 Å². The highest BCUT2D eigenvalue weighted by Gasteiger charge is 3.00. The van der Waals surface area contributed by atoms with Gasteiger partial charge in [-0.15, -0.1) is 0 Å². The second-order valence-electron chi connectivity index (χ2n) is 9.26. The van der Waals surface area contributed by atoms with Gasteiger partial charge in [-0.05, 0) is 43.9 Å². The maximum atomic E-state index is 10.2. The number of hydrogen-bond acceptors (Lipinski definition) is 6. The molecule has 0 amide bonds. The summed E-state index contributed by atoms with van der Waals surface area (Å²) in [5.41, 5.74) is 3.77. The SMILES string of the molecule is C[C@H]1CO[C@]2(N=C(N)[C@@]3(C#N)C4(CCC(C(C)(C)C)CC4)[C@@]23C#N)O1. The molecule has 4 aliphatic rings. The first-order valence-corrected chi connectivity index (χ1v) is 9.16. The Labute approximate surface area is 149 Å². The molecule has 2 aliphatic carbocycles. The summed E-state index contributed by atoms with van der Waals surface area (Å²) >= 11 is 0. The minimum absolute atomic E-state index is 0.167. The molecule has 25 heavy (non-hydrogen) atoms. The molecule has 6 nitrogen and oxygen atoms in total. The molecule has 0 aromatic heterocycles. The maximum Gasteiger partial charge on any atom is 0.293 e. The highest BCUT2D eigenvalue weighted by molar-refractivity contribution is 6.00. The van der Waals surface area contributed by atoms with Crippen molar-refractivity contribution in [2.75, 3.05) is 6.61 Å². The highest BCUT2D eigenvalue weighted by atomic mass is 16.8. The average molecular weight is 342 g/mol. The average Bonchev–Trinajstić information content (AvgIpc) is 2.74. The summed E-state index contributed by atoms with van der Waals surface area (Å²) in [5.74, 6) is -0.612. The molecule has 4 rings (SSSR count). The van der Waals surface area contributed by atoms with Crippen molar-refractivity contribution in [1.82, 2.24) is 0 Å². The molecule has 0 radical (unpaired) electrons. The van der Waals surface area contributed by atoms with E-state index in [2.05, 4.69) is 37.9 Å². The quantitative estimate of drug-likeness (QED) is 0.729. The number of fused-ring (bicyclic) bond motifs is 4. The normalized spacial score (nSPS) is 51.0. The number of amidine groups is 1. The second-order valence-corrected chi connectivity index (χ2v) is 9.26. The van der Waals surface area contributed by atoms with Crippen molar-refractivity contribution in [3.05, 3.63) is 0 Å². The van der Waals surface area contributed by atoms with Gasteiger partial charge in [-0.2, -0.15) is 10.5 Å². The molecule has 2 spiro atoms. The Morgan fingerprint density at radius 2 is 1.84 bits per heavy atom. The van der Waals surface area contributed by atoms with Crippen molar-refractivity contribution >= 4 is 5.84 Å². The Morgan fingerprint density at radius 1 is 1.20 bits per heavy atom. The Hall–Kier alpha value is -1.63. The molecule has 0 aromatic carbocycles. The number of nitriles is 2. The zero-order valence-electron chi connectivity index (χ0n) is 15.4. The minimum atomic E-state index is -1.41. The number of hydrogen-bond donors (Lipinski definition) is 1. The summed E-state index contributed by atoms with van der Waals surface area (Å²) in [6, 6.07) is 4.83. The van der Waals surface area contributed by atoms with Crippen LogP contribution in [-0.4, -0.2) is 24.5 Å². The van der Waals surface area contributed by atoms with Crippen LogP contribution < -0.4 is 5.73 Å². The Bertz CT molecular complexity index is 734. The lowest BCUT2D eigenvalue weighted by molar-refractivity contribution is -0.202. The Balaban J connectivity index is 1.78. The van der Waals surface area contributed by atoms with E-state index in [9.17, 15) is 10.5 Å². The van der Waals surface area contributed by atoms with E-state index in [4.69, 9.17) is 15.2 Å². The fourth-order valence-corrected chi connectivity index (χ4v) is 6.06. The predicted octanol–water partition coefficient (Wildman–Crippen LogP) is 2.70. The maximum absolute atomic E-state index is 10.2. The van der Waals surface area contributed by atoms with Gasteiger partial charge >= 0.3 is 0 Å². The van der Waals surface area contributed by atoms with Crippen LogP contribution in [0.5, 0.6) is 0 Å². The third-order valence-corrected chi connectivity index (χ3v) is 7.34. The van der Waals surface area contributed by atoms with Crippen LogP contribution in [0.4, 0.5) is 0 Å². The molecule has 2 saturated carbocycles. The van der Waals surface area contributed by atoms with Gasteiger partial charge in [0.05, 0.1) is 24.8 Å². The summed E-state index contributed by atoms with van der Waals surface area (Å²) in [6.07, 6.45) is 3.37. The fraction of sp³-hybridized carbons (Fsp3) is 0.842. The van der Waals surface area contributed by atoms with E-state index in [1.807, 2.05) is 6.92 Å². The van der Waals surface area contributed by atoms with Crippen LogP contribution in [-0.2, 0) is 9.47 Å². The van der Waals surface area contributed by atoms with Crippen LogP contribution in [0.25, 0.3) is 0 Å². The first-order valence-electron chi connectivity index (χ1n) is 9.16. The first-order chi connectivity index (χ1) is 11.7. The van der Waals surface area contributed by atoms with Gasteiger partial charge < -0.3 is 15.2 Å². The molecule has 134 valence electrons. The number of aliphatic imine (C=N–C) groups is 1. The van der Waals surface area contributed by atoms with Crippen LogP contribution in [0.2, 0.25) is 0 Å². The minimum Gasteiger partial charge on any atom is -0.386 e. The van der Waals surface area contributed by atoms with Crippen molar-refractivity contribution in [3.8, 4) is 12.1 Å². The number of ether oxygens (including phenoxy) is 2. The summed E-state index contributed by atoms with van der Waals surface area (Å²) in [7, 11) is 0. The summed E-state index contributed by atoms with van der Waals surface area (Å²) < 4.78 is 11.9. The first kappa shape index (κ1) is 16.8. The molecule has 4 atom stereocenters. The van der Waals surface area contributed by atoms with Crippen LogP contribution in [0.15, 0.2) is 4.99 Å². The number of nitrogens with two attached hydrogens (primary N) is 1. The molecule has 1 saturated heterocycles. The fourth-order valence-electron chi connectivity index (χ4n) is 6.06. The molecular formula is C19H26N4O2. The van der Waals surface area contributed by atoms with Crippen molar-refractivity contribution in [1.29, 1.82) is 10.5 Å². The molecule has 0 bridgehead atoms. The molecule has 2 N–H and O–H groups in total. The van der Waals surface area contributed by atoms with Gasteiger partial charge in [0.2, 0.25) is 0 Å². The monoisotopic (exact) mass is 342 g/mol. The zero-order chi connectivity index (χ0) is 18.3. The van der Waals surface area contributed by atoms with Gasteiger partial charge in [0, 0.05) is 5.41 Å². The van der Waals surface area contributed by atoms with E-state index in [0.29, 0.717) is 12.5 Å². The van der Waals surface area contributed by atoms with Gasteiger partial charge in [-0.3, -0.25) is 0 Å². The van der Waals surface area contributed by atoms with Crippen LogP contribution >= 0.6 is 0 Å².